The second kappa shape index (κ2) is 5.49. The van der Waals surface area contributed by atoms with E-state index in [2.05, 4.69) is 167 Å². The van der Waals surface area contributed by atoms with Crippen molar-refractivity contribution in [1.29, 1.82) is 0 Å². The Morgan fingerprint density at radius 3 is 1.38 bits per heavy atom. The van der Waals surface area contributed by atoms with Gasteiger partial charge in [-0.25, -0.2) is 0 Å². The molecule has 10 saturated heterocycles. The maximum atomic E-state index is 9.11. The van der Waals surface area contributed by atoms with Gasteiger partial charge in [-0.1, -0.05) is 0 Å². The molecule has 9 unspecified atom stereocenters. The summed E-state index contributed by atoms with van der Waals surface area (Å²) >= 11 is 9.11. The van der Waals surface area contributed by atoms with Crippen molar-refractivity contribution in [3.05, 3.63) is 167 Å². The van der Waals surface area contributed by atoms with E-state index < -0.39 is 22.4 Å². The topological polar surface area (TPSA) is 0 Å². The van der Waals surface area contributed by atoms with Gasteiger partial charge in [0.15, 0.2) is 0 Å². The van der Waals surface area contributed by atoms with Crippen LogP contribution < -0.4 is 21.2 Å². The van der Waals surface area contributed by atoms with E-state index in [0.717, 1.165) is 28.9 Å². The monoisotopic (exact) mass is 828 g/mol. The Hall–Kier alpha value is -2.26. The van der Waals surface area contributed by atoms with Gasteiger partial charge < -0.3 is 0 Å². The van der Waals surface area contributed by atoms with Gasteiger partial charge in [0.25, 0.3) is 0 Å². The standard InChI is InChI=1S/C29H23ClP.C19H18P.Fe.Ni/c1-20-10-14-23(15-11-20)31(24-16-12-21(2)13-17-24)28-19-18-27(30)29(28)26-9-5-7-22-6-3-4-8-25(22)26;1-15-7-11-18(12-8-15)20(17-5-3-4-6-17)19-13-9-16(2)10-14-19;;/h3-19H,1-2H3;3-14H,1-2H3;;. The van der Waals surface area contributed by atoms with Crippen molar-refractivity contribution in [2.24, 2.45) is 0 Å². The van der Waals surface area contributed by atoms with E-state index in [1.807, 2.05) is 0 Å². The maximum absolute atomic E-state index is 9.11. The second-order valence-corrected chi connectivity index (χ2v) is 49.4. The van der Waals surface area contributed by atoms with Gasteiger partial charge >= 0.3 is 306 Å². The van der Waals surface area contributed by atoms with Crippen LogP contribution in [0.3, 0.4) is 0 Å². The summed E-state index contributed by atoms with van der Waals surface area (Å²) in [4.78, 5) is 5.51. The Morgan fingerprint density at radius 2 is 0.925 bits per heavy atom. The first-order valence-corrected chi connectivity index (χ1v) is 28.4. The predicted molar refractivity (Wildman–Crippen MR) is 219 cm³/mol. The molecule has 6 aromatic rings. The summed E-state index contributed by atoms with van der Waals surface area (Å²) in [6.07, 6.45) is 0. The van der Waals surface area contributed by atoms with Gasteiger partial charge in [-0.2, -0.15) is 0 Å². The Labute approximate surface area is 320 Å². The van der Waals surface area contributed by atoms with Crippen LogP contribution in [0.2, 0.25) is 28.9 Å². The molecule has 16 rings (SSSR count). The third-order valence-corrected chi connectivity index (χ3v) is 83.0. The molecule has 0 aromatic heterocycles. The molecule has 6 aromatic carbocycles. The average molecular weight is 830 g/mol. The fourth-order valence-corrected chi connectivity index (χ4v) is 137. The van der Waals surface area contributed by atoms with Gasteiger partial charge in [-0.15, -0.1) is 0 Å². The van der Waals surface area contributed by atoms with Crippen LogP contribution in [0.5, 0.6) is 0 Å². The van der Waals surface area contributed by atoms with E-state index in [4.69, 9.17) is 11.6 Å². The van der Waals surface area contributed by atoms with Crippen LogP contribution in [0.15, 0.2) is 140 Å². The van der Waals surface area contributed by atoms with Gasteiger partial charge in [0.2, 0.25) is 0 Å². The van der Waals surface area contributed by atoms with Crippen LogP contribution in [-0.2, 0) is 27.3 Å². The van der Waals surface area contributed by atoms with Crippen LogP contribution >= 0.6 is 27.4 Å². The summed E-state index contributed by atoms with van der Waals surface area (Å²) in [5.41, 5.74) is 7.18. The van der Waals surface area contributed by atoms with Crippen molar-refractivity contribution >= 4 is 59.4 Å². The molecule has 0 nitrogen and oxygen atoms in total. The van der Waals surface area contributed by atoms with Gasteiger partial charge in [-0.05, 0) is 0 Å². The summed E-state index contributed by atoms with van der Waals surface area (Å²) in [6, 6.07) is 56.8. The zero-order chi connectivity index (χ0) is 34.5. The van der Waals surface area contributed by atoms with Crippen molar-refractivity contribution in [3.63, 3.8) is 0 Å². The van der Waals surface area contributed by atoms with Crippen molar-refractivity contribution in [2.75, 3.05) is 0 Å². The first-order chi connectivity index (χ1) is 25.1. The number of hydrogen-bond acceptors (Lipinski definition) is 0. The number of benzene rings is 6. The molecule has 0 N–H and O–H groups in total. The van der Waals surface area contributed by atoms with E-state index in [1.54, 1.807) is 26.8 Å². The van der Waals surface area contributed by atoms with Crippen molar-refractivity contribution in [1.82, 2.24) is 0 Å². The minimum atomic E-state index is -4.99. The van der Waals surface area contributed by atoms with Crippen LogP contribution in [0.25, 0.3) is 10.8 Å². The molecule has 268 valence electrons. The minimum Gasteiger partial charge on any atom is 0 e. The fraction of sp³-hybridized carbons (Fsp3) is 0.292. The van der Waals surface area contributed by atoms with Crippen molar-refractivity contribution in [3.8, 4) is 0 Å². The summed E-state index contributed by atoms with van der Waals surface area (Å²) < 4.78 is 1.01. The quantitative estimate of drug-likeness (QED) is 0.0854. The van der Waals surface area contributed by atoms with Gasteiger partial charge in [0.05, 0.1) is 0 Å². The molecule has 10 heterocycles. The van der Waals surface area contributed by atoms with Gasteiger partial charge in [-0.3, -0.25) is 0 Å². The number of halogens is 1. The molecule has 0 saturated carbocycles. The third kappa shape index (κ3) is 0.943. The number of rotatable bonds is 7. The summed E-state index contributed by atoms with van der Waals surface area (Å²) in [5, 5.41) is 9.46. The molecule has 0 amide bonds. The van der Waals surface area contributed by atoms with Gasteiger partial charge in [0.1, 0.15) is 0 Å². The van der Waals surface area contributed by atoms with E-state index in [0.29, 0.717) is 8.11 Å². The smallest absolute Gasteiger partial charge is 0 e. The zero-order valence-corrected chi connectivity index (χ0v) is 34.8. The molecule has 10 aliphatic heterocycles. The number of alkyl halides is 1. The molecule has 0 bridgehead atoms. The van der Waals surface area contributed by atoms with Crippen LogP contribution in [0, 0.1) is 27.7 Å². The average Bonchev–Trinajstić information content (AvgIpc) is 4.13. The van der Waals surface area contributed by atoms with E-state index >= 15 is 0 Å². The molecule has 53 heavy (non-hydrogen) atoms. The Bertz CT molecular complexity index is 3100. The molecule has 10 aliphatic rings. The van der Waals surface area contributed by atoms with Gasteiger partial charge in [0, 0.05) is 16.5 Å². The molecule has 1 spiro atoms. The Balaban J connectivity index is 0.00000281. The van der Waals surface area contributed by atoms with Crippen molar-refractivity contribution < 1.29 is 23.0 Å². The zero-order valence-electron chi connectivity index (χ0n) is 30.2. The number of fused-ring (bicyclic) bond motifs is 11. The predicted octanol–water partition coefficient (Wildman–Crippen LogP) is 11.1. The fourth-order valence-electron chi connectivity index (χ4n) is 24.1. The van der Waals surface area contributed by atoms with Crippen LogP contribution in [0.1, 0.15) is 27.8 Å². The normalized spacial score (nSPS) is 50.3. The van der Waals surface area contributed by atoms with E-state index in [1.165, 1.54) is 33.0 Å². The SMILES string of the molecule is Cc1ccc(P(c2ccc(C)cc2)[C]23[CH]4[CH]5[CH]6[CH]2[Fe]56432789[CH]3[CH]2[C]7(P(c2ccc(C)cc2)c2ccc(C)cc2)[C]8(c2cccc4ccccc24)[C]39Cl)cc1.[Ni]. The number of aryl methyl sites for hydroxylation is 4. The van der Waals surface area contributed by atoms with Crippen LogP contribution in [-0.4, -0.2) is 11.9 Å². The Morgan fingerprint density at radius 1 is 0.491 bits per heavy atom. The minimum absolute atomic E-state index is 0. The Kier molecular flexibility index (Phi) is 3.10. The molecular formula is C48H41ClFeNiP2. The molecule has 0 radical (unpaired) electrons. The summed E-state index contributed by atoms with van der Waals surface area (Å²) in [7, 11) is -1.20. The second-order valence-electron chi connectivity index (χ2n) is 20.3. The molecule has 9 atom stereocenters. The molecular weight excluding hydrogens is 788 g/mol. The first-order valence-electron chi connectivity index (χ1n) is 19.3. The number of hydrogen-bond donors (Lipinski definition) is 0. The van der Waals surface area contributed by atoms with E-state index in [-0.39, 0.29) is 24.6 Å². The molecule has 0 aliphatic carbocycles. The summed E-state index contributed by atoms with van der Waals surface area (Å²) in [6.45, 7) is 4.06. The van der Waals surface area contributed by atoms with Crippen LogP contribution in [0.4, 0.5) is 0 Å². The maximum Gasteiger partial charge on any atom is 0 e. The van der Waals surface area contributed by atoms with Crippen molar-refractivity contribution in [2.45, 2.75) is 72.8 Å². The summed E-state index contributed by atoms with van der Waals surface area (Å²) in [5.74, 6) is 0. The largest absolute Gasteiger partial charge is 0 e. The molecule has 5 heteroatoms. The first kappa shape index (κ1) is 30.0. The van der Waals surface area contributed by atoms with E-state index in [9.17, 15) is 0 Å². The molecule has 10 fully saturated rings. The third-order valence-electron chi connectivity index (χ3n) is 22.8.